The van der Waals surface area contributed by atoms with E-state index in [9.17, 15) is 4.79 Å². The zero-order valence-corrected chi connectivity index (χ0v) is 11.2. The molecule has 3 rings (SSSR count). The molecule has 0 atom stereocenters. The van der Waals surface area contributed by atoms with E-state index >= 15 is 0 Å². The summed E-state index contributed by atoms with van der Waals surface area (Å²) in [5.41, 5.74) is 0.617. The van der Waals surface area contributed by atoms with Gasteiger partial charge >= 0.3 is 0 Å². The van der Waals surface area contributed by atoms with Gasteiger partial charge in [-0.2, -0.15) is 5.10 Å². The lowest BCUT2D eigenvalue weighted by molar-refractivity contribution is 0.0961. The molecule has 20 heavy (non-hydrogen) atoms. The zero-order chi connectivity index (χ0) is 13.9. The Morgan fingerprint density at radius 1 is 1.45 bits per heavy atom. The van der Waals surface area contributed by atoms with Crippen LogP contribution >= 0.6 is 0 Å². The second kappa shape index (κ2) is 5.32. The zero-order valence-electron chi connectivity index (χ0n) is 11.2. The van der Waals surface area contributed by atoms with E-state index < -0.39 is 0 Å². The highest BCUT2D eigenvalue weighted by Crippen LogP contribution is 2.29. The first-order chi connectivity index (χ1) is 9.78. The van der Waals surface area contributed by atoms with Crippen LogP contribution in [0.1, 0.15) is 29.5 Å². The van der Waals surface area contributed by atoms with Crippen molar-refractivity contribution < 1.29 is 14.3 Å². The van der Waals surface area contributed by atoms with Gasteiger partial charge in [-0.05, 0) is 18.6 Å². The molecule has 1 aliphatic heterocycles. The molecule has 0 saturated heterocycles. The van der Waals surface area contributed by atoms with Crippen molar-refractivity contribution in [1.82, 2.24) is 14.8 Å². The van der Waals surface area contributed by atoms with Crippen molar-refractivity contribution in [3.05, 3.63) is 35.9 Å². The van der Waals surface area contributed by atoms with Crippen LogP contribution in [-0.4, -0.2) is 27.2 Å². The standard InChI is InChI=1S/C14H15N3O3/c1-2-5-17-14(15-9-16-17)8-19-10-3-4-11-12(18)7-20-13(11)6-10/h3-4,6,9H,2,5,7-8H2,1H3. The molecule has 0 amide bonds. The number of Topliss-reactive ketones (excluding diaryl/α,β-unsaturated/α-hetero) is 1. The Bertz CT molecular complexity index is 636. The number of fused-ring (bicyclic) bond motifs is 1. The maximum Gasteiger partial charge on any atom is 0.203 e. The number of rotatable bonds is 5. The highest BCUT2D eigenvalue weighted by Gasteiger charge is 2.21. The summed E-state index contributed by atoms with van der Waals surface area (Å²) in [6.45, 7) is 3.36. The van der Waals surface area contributed by atoms with Gasteiger partial charge in [0.25, 0.3) is 0 Å². The molecule has 104 valence electrons. The summed E-state index contributed by atoms with van der Waals surface area (Å²) < 4.78 is 12.8. The largest absolute Gasteiger partial charge is 0.485 e. The Balaban J connectivity index is 1.70. The minimum absolute atomic E-state index is 0.00855. The average Bonchev–Trinajstić information content (AvgIpc) is 3.04. The first kappa shape index (κ1) is 12.7. The second-order valence-electron chi connectivity index (χ2n) is 4.56. The molecule has 0 fully saturated rings. The Morgan fingerprint density at radius 2 is 2.35 bits per heavy atom. The van der Waals surface area contributed by atoms with E-state index in [1.165, 1.54) is 6.33 Å². The van der Waals surface area contributed by atoms with Gasteiger partial charge in [0, 0.05) is 12.6 Å². The number of ketones is 1. The number of aryl methyl sites for hydroxylation is 1. The van der Waals surface area contributed by atoms with E-state index in [0.29, 0.717) is 23.7 Å². The van der Waals surface area contributed by atoms with Crippen molar-refractivity contribution in [2.75, 3.05) is 6.61 Å². The third kappa shape index (κ3) is 2.36. The number of carbonyl (C=O) groups is 1. The smallest absolute Gasteiger partial charge is 0.203 e. The molecule has 2 aromatic rings. The summed E-state index contributed by atoms with van der Waals surface area (Å²) in [6, 6.07) is 5.24. The number of carbonyl (C=O) groups excluding carboxylic acids is 1. The molecule has 1 aromatic carbocycles. The topological polar surface area (TPSA) is 66.2 Å². The predicted molar refractivity (Wildman–Crippen MR) is 70.9 cm³/mol. The van der Waals surface area contributed by atoms with E-state index in [0.717, 1.165) is 18.8 Å². The third-order valence-electron chi connectivity index (χ3n) is 3.11. The molecule has 6 nitrogen and oxygen atoms in total. The van der Waals surface area contributed by atoms with Crippen molar-refractivity contribution in [2.24, 2.45) is 0 Å². The van der Waals surface area contributed by atoms with Crippen molar-refractivity contribution in [2.45, 2.75) is 26.5 Å². The fraction of sp³-hybridized carbons (Fsp3) is 0.357. The van der Waals surface area contributed by atoms with Crippen LogP contribution in [0, 0.1) is 0 Å². The number of hydrogen-bond donors (Lipinski definition) is 0. The van der Waals surface area contributed by atoms with Crippen LogP contribution in [0.4, 0.5) is 0 Å². The van der Waals surface area contributed by atoms with Gasteiger partial charge in [-0.1, -0.05) is 6.92 Å². The lowest BCUT2D eigenvalue weighted by Crippen LogP contribution is -2.08. The number of hydrogen-bond acceptors (Lipinski definition) is 5. The Hall–Kier alpha value is -2.37. The number of aromatic nitrogens is 3. The van der Waals surface area contributed by atoms with E-state index in [2.05, 4.69) is 17.0 Å². The quantitative estimate of drug-likeness (QED) is 0.831. The summed E-state index contributed by atoms with van der Waals surface area (Å²) in [6.07, 6.45) is 2.52. The van der Waals surface area contributed by atoms with Crippen LogP contribution in [-0.2, 0) is 13.2 Å². The fourth-order valence-corrected chi connectivity index (χ4v) is 2.11. The van der Waals surface area contributed by atoms with Gasteiger partial charge in [-0.25, -0.2) is 9.67 Å². The minimum Gasteiger partial charge on any atom is -0.485 e. The molecule has 0 bridgehead atoms. The van der Waals surface area contributed by atoms with E-state index in [4.69, 9.17) is 9.47 Å². The van der Waals surface area contributed by atoms with E-state index in [1.54, 1.807) is 18.2 Å². The van der Waals surface area contributed by atoms with Crippen LogP contribution < -0.4 is 9.47 Å². The molecule has 0 saturated carbocycles. The lowest BCUT2D eigenvalue weighted by atomic mass is 10.1. The van der Waals surface area contributed by atoms with Crippen molar-refractivity contribution in [3.63, 3.8) is 0 Å². The Morgan fingerprint density at radius 3 is 3.20 bits per heavy atom. The predicted octanol–water partition coefficient (Wildman–Crippen LogP) is 1.84. The van der Waals surface area contributed by atoms with Crippen LogP contribution in [0.15, 0.2) is 24.5 Å². The van der Waals surface area contributed by atoms with Gasteiger partial charge in [-0.15, -0.1) is 0 Å². The highest BCUT2D eigenvalue weighted by atomic mass is 16.5. The summed E-state index contributed by atoms with van der Waals surface area (Å²) in [7, 11) is 0. The van der Waals surface area contributed by atoms with Crippen molar-refractivity contribution >= 4 is 5.78 Å². The number of benzene rings is 1. The Labute approximate surface area is 116 Å². The SMILES string of the molecule is CCCn1ncnc1COc1ccc2c(c1)OCC2=O. The first-order valence-corrected chi connectivity index (χ1v) is 6.57. The maximum absolute atomic E-state index is 11.5. The van der Waals surface area contributed by atoms with Crippen LogP contribution in [0.2, 0.25) is 0 Å². The van der Waals surface area contributed by atoms with E-state index in [1.807, 2.05) is 4.68 Å². The molecule has 1 aromatic heterocycles. The van der Waals surface area contributed by atoms with Crippen LogP contribution in [0.5, 0.6) is 11.5 Å². The molecule has 1 aliphatic rings. The van der Waals surface area contributed by atoms with Crippen LogP contribution in [0.3, 0.4) is 0 Å². The summed E-state index contributed by atoms with van der Waals surface area (Å²) in [4.78, 5) is 15.6. The molecule has 0 radical (unpaired) electrons. The summed E-state index contributed by atoms with van der Waals surface area (Å²) in [5.74, 6) is 2.03. The summed E-state index contributed by atoms with van der Waals surface area (Å²) >= 11 is 0. The lowest BCUT2D eigenvalue weighted by Gasteiger charge is -2.08. The third-order valence-corrected chi connectivity index (χ3v) is 3.11. The van der Waals surface area contributed by atoms with Crippen molar-refractivity contribution in [3.8, 4) is 11.5 Å². The molecule has 0 N–H and O–H groups in total. The molecule has 2 heterocycles. The van der Waals surface area contributed by atoms with Gasteiger partial charge in [0.2, 0.25) is 5.78 Å². The molecular formula is C14H15N3O3. The molecule has 0 aliphatic carbocycles. The van der Waals surface area contributed by atoms with Gasteiger partial charge in [0.05, 0.1) is 5.56 Å². The van der Waals surface area contributed by atoms with Gasteiger partial charge < -0.3 is 9.47 Å². The first-order valence-electron chi connectivity index (χ1n) is 6.57. The Kier molecular flexibility index (Phi) is 3.37. The van der Waals surface area contributed by atoms with Crippen LogP contribution in [0.25, 0.3) is 0 Å². The molecule has 0 unspecified atom stereocenters. The van der Waals surface area contributed by atoms with E-state index in [-0.39, 0.29) is 12.4 Å². The monoisotopic (exact) mass is 273 g/mol. The highest BCUT2D eigenvalue weighted by molar-refractivity contribution is 6.02. The average molecular weight is 273 g/mol. The number of ether oxygens (including phenoxy) is 2. The van der Waals surface area contributed by atoms with Crippen molar-refractivity contribution in [1.29, 1.82) is 0 Å². The van der Waals surface area contributed by atoms with Gasteiger partial charge in [0.1, 0.15) is 24.4 Å². The molecule has 0 spiro atoms. The number of nitrogens with zero attached hydrogens (tertiary/aromatic N) is 3. The second-order valence-corrected chi connectivity index (χ2v) is 4.56. The van der Waals surface area contributed by atoms with Gasteiger partial charge in [0.15, 0.2) is 12.4 Å². The minimum atomic E-state index is 0.00855. The molecular weight excluding hydrogens is 258 g/mol. The molecule has 6 heteroatoms. The maximum atomic E-state index is 11.5. The fourth-order valence-electron chi connectivity index (χ4n) is 2.11. The van der Waals surface area contributed by atoms with Gasteiger partial charge in [-0.3, -0.25) is 4.79 Å². The summed E-state index contributed by atoms with van der Waals surface area (Å²) in [5, 5.41) is 4.14. The normalized spacial score (nSPS) is 13.2.